The maximum Gasteiger partial charge on any atom is 0.0628 e. The molecule has 1 aromatic heterocycles. The molecule has 0 amide bonds. The van der Waals surface area contributed by atoms with Crippen LogP contribution in [0.4, 0.5) is 0 Å². The van der Waals surface area contributed by atoms with Gasteiger partial charge in [-0.05, 0) is 17.7 Å². The maximum atomic E-state index is 9.43. The number of pyridine rings is 1. The molecule has 1 atom stereocenters. The molecule has 0 unspecified atom stereocenters. The molecule has 82 valence electrons. The number of morpholine rings is 1. The van der Waals surface area contributed by atoms with Crippen LogP contribution in [-0.2, 0) is 4.74 Å². The van der Waals surface area contributed by atoms with Gasteiger partial charge in [-0.2, -0.15) is 0 Å². The van der Waals surface area contributed by atoms with E-state index in [4.69, 9.17) is 4.74 Å². The number of hydrogen-bond donors (Lipinski definition) is 1. The van der Waals surface area contributed by atoms with E-state index >= 15 is 0 Å². The fourth-order valence-corrected chi connectivity index (χ4v) is 1.91. The third-order valence-electron chi connectivity index (χ3n) is 2.75. The minimum atomic E-state index is 0.0805. The summed E-state index contributed by atoms with van der Waals surface area (Å²) in [5.41, 5.74) is 1.12. The van der Waals surface area contributed by atoms with Crippen molar-refractivity contribution >= 4 is 0 Å². The lowest BCUT2D eigenvalue weighted by molar-refractivity contribution is 0.00258. The van der Waals surface area contributed by atoms with Crippen LogP contribution in [0.5, 0.6) is 0 Å². The zero-order valence-electron chi connectivity index (χ0n) is 8.67. The van der Waals surface area contributed by atoms with Gasteiger partial charge >= 0.3 is 0 Å². The van der Waals surface area contributed by atoms with Crippen molar-refractivity contribution in [3.05, 3.63) is 30.1 Å². The van der Waals surface area contributed by atoms with Gasteiger partial charge in [-0.3, -0.25) is 9.88 Å². The summed E-state index contributed by atoms with van der Waals surface area (Å²) >= 11 is 0. The zero-order chi connectivity index (χ0) is 10.5. The van der Waals surface area contributed by atoms with Gasteiger partial charge in [0, 0.05) is 25.5 Å². The van der Waals surface area contributed by atoms with Gasteiger partial charge in [-0.25, -0.2) is 0 Å². The summed E-state index contributed by atoms with van der Waals surface area (Å²) in [5.74, 6) is 0. The Labute approximate surface area is 89.5 Å². The lowest BCUT2D eigenvalue weighted by Gasteiger charge is -2.33. The van der Waals surface area contributed by atoms with Crippen molar-refractivity contribution in [2.45, 2.75) is 6.04 Å². The van der Waals surface area contributed by atoms with Crippen LogP contribution in [0.25, 0.3) is 0 Å². The van der Waals surface area contributed by atoms with Crippen LogP contribution in [0, 0.1) is 0 Å². The molecule has 1 aliphatic heterocycles. The van der Waals surface area contributed by atoms with Crippen molar-refractivity contribution in [2.75, 3.05) is 32.9 Å². The highest BCUT2D eigenvalue weighted by molar-refractivity contribution is 5.15. The molecule has 2 rings (SSSR count). The first kappa shape index (κ1) is 10.5. The Hall–Kier alpha value is -0.970. The SMILES string of the molecule is OC[C@H](c1ccncc1)N1CCOCC1. The second-order valence-electron chi connectivity index (χ2n) is 3.63. The molecule has 4 nitrogen and oxygen atoms in total. The highest BCUT2D eigenvalue weighted by Crippen LogP contribution is 2.20. The minimum Gasteiger partial charge on any atom is -0.394 e. The van der Waals surface area contributed by atoms with Crippen LogP contribution >= 0.6 is 0 Å². The van der Waals surface area contributed by atoms with Gasteiger partial charge in [-0.15, -0.1) is 0 Å². The van der Waals surface area contributed by atoms with E-state index in [1.54, 1.807) is 12.4 Å². The molecule has 1 aromatic rings. The van der Waals surface area contributed by atoms with E-state index in [-0.39, 0.29) is 12.6 Å². The number of aliphatic hydroxyl groups excluding tert-OH is 1. The quantitative estimate of drug-likeness (QED) is 0.783. The van der Waals surface area contributed by atoms with E-state index in [9.17, 15) is 5.11 Å². The van der Waals surface area contributed by atoms with Crippen LogP contribution in [0.2, 0.25) is 0 Å². The van der Waals surface area contributed by atoms with E-state index in [0.29, 0.717) is 0 Å². The van der Waals surface area contributed by atoms with E-state index in [2.05, 4.69) is 9.88 Å². The lowest BCUT2D eigenvalue weighted by Crippen LogP contribution is -2.40. The maximum absolute atomic E-state index is 9.43. The fourth-order valence-electron chi connectivity index (χ4n) is 1.91. The normalized spacial score (nSPS) is 20.1. The Morgan fingerprint density at radius 3 is 2.60 bits per heavy atom. The van der Waals surface area contributed by atoms with Crippen molar-refractivity contribution in [1.82, 2.24) is 9.88 Å². The summed E-state index contributed by atoms with van der Waals surface area (Å²) in [4.78, 5) is 6.23. The second kappa shape index (κ2) is 5.21. The minimum absolute atomic E-state index is 0.0805. The largest absolute Gasteiger partial charge is 0.394 e. The number of rotatable bonds is 3. The summed E-state index contributed by atoms with van der Waals surface area (Å²) in [6.07, 6.45) is 3.52. The molecule has 0 radical (unpaired) electrons. The van der Waals surface area contributed by atoms with Gasteiger partial charge in [0.2, 0.25) is 0 Å². The Bertz CT molecular complexity index is 286. The van der Waals surface area contributed by atoms with Crippen LogP contribution in [0.1, 0.15) is 11.6 Å². The number of hydrogen-bond acceptors (Lipinski definition) is 4. The van der Waals surface area contributed by atoms with Crippen LogP contribution in [0.3, 0.4) is 0 Å². The van der Waals surface area contributed by atoms with E-state index < -0.39 is 0 Å². The van der Waals surface area contributed by atoms with E-state index in [0.717, 1.165) is 31.9 Å². The summed E-state index contributed by atoms with van der Waals surface area (Å²) in [7, 11) is 0. The first-order valence-corrected chi connectivity index (χ1v) is 5.24. The van der Waals surface area contributed by atoms with Gasteiger partial charge in [0.25, 0.3) is 0 Å². The third-order valence-corrected chi connectivity index (χ3v) is 2.75. The van der Waals surface area contributed by atoms with E-state index in [1.807, 2.05) is 12.1 Å². The molecule has 4 heteroatoms. The molecule has 1 aliphatic rings. The van der Waals surface area contributed by atoms with Gasteiger partial charge in [0.1, 0.15) is 0 Å². The Kier molecular flexibility index (Phi) is 3.66. The number of ether oxygens (including phenoxy) is 1. The molecule has 1 saturated heterocycles. The van der Waals surface area contributed by atoms with Gasteiger partial charge in [0.05, 0.1) is 25.9 Å². The number of nitrogens with zero attached hydrogens (tertiary/aromatic N) is 2. The van der Waals surface area contributed by atoms with Crippen LogP contribution in [-0.4, -0.2) is 47.9 Å². The van der Waals surface area contributed by atoms with Crippen molar-refractivity contribution in [3.63, 3.8) is 0 Å². The standard InChI is InChI=1S/C11H16N2O2/c14-9-11(10-1-3-12-4-2-10)13-5-7-15-8-6-13/h1-4,11,14H,5-9H2/t11-/m1/s1. The summed E-state index contributed by atoms with van der Waals surface area (Å²) in [6, 6.07) is 3.99. The molecule has 1 fully saturated rings. The lowest BCUT2D eigenvalue weighted by atomic mass is 10.1. The Balaban J connectivity index is 2.09. The summed E-state index contributed by atoms with van der Waals surface area (Å²) in [5, 5.41) is 9.43. The molecular weight excluding hydrogens is 192 g/mol. The van der Waals surface area contributed by atoms with Crippen molar-refractivity contribution in [2.24, 2.45) is 0 Å². The molecule has 2 heterocycles. The van der Waals surface area contributed by atoms with Gasteiger partial charge in [0.15, 0.2) is 0 Å². The fraction of sp³-hybridized carbons (Fsp3) is 0.545. The molecule has 15 heavy (non-hydrogen) atoms. The average Bonchev–Trinajstić information content (AvgIpc) is 2.33. The second-order valence-corrected chi connectivity index (χ2v) is 3.63. The van der Waals surface area contributed by atoms with Crippen molar-refractivity contribution < 1.29 is 9.84 Å². The van der Waals surface area contributed by atoms with Crippen molar-refractivity contribution in [3.8, 4) is 0 Å². The molecule has 0 spiro atoms. The van der Waals surface area contributed by atoms with Crippen molar-refractivity contribution in [1.29, 1.82) is 0 Å². The zero-order valence-corrected chi connectivity index (χ0v) is 8.67. The first-order chi connectivity index (χ1) is 7.42. The molecule has 0 saturated carbocycles. The Morgan fingerprint density at radius 2 is 2.00 bits per heavy atom. The van der Waals surface area contributed by atoms with E-state index in [1.165, 1.54) is 0 Å². The number of aliphatic hydroxyl groups is 1. The molecule has 1 N–H and O–H groups in total. The smallest absolute Gasteiger partial charge is 0.0628 e. The monoisotopic (exact) mass is 208 g/mol. The molecular formula is C11H16N2O2. The first-order valence-electron chi connectivity index (χ1n) is 5.24. The molecule has 0 aromatic carbocycles. The van der Waals surface area contributed by atoms with Crippen LogP contribution < -0.4 is 0 Å². The predicted octanol–water partition coefficient (Wildman–Crippen LogP) is 0.447. The Morgan fingerprint density at radius 1 is 1.33 bits per heavy atom. The highest BCUT2D eigenvalue weighted by Gasteiger charge is 2.21. The van der Waals surface area contributed by atoms with Crippen LogP contribution in [0.15, 0.2) is 24.5 Å². The number of aromatic nitrogens is 1. The molecule has 0 bridgehead atoms. The third kappa shape index (κ3) is 2.53. The topological polar surface area (TPSA) is 45.6 Å². The predicted molar refractivity (Wildman–Crippen MR) is 56.5 cm³/mol. The summed E-state index contributed by atoms with van der Waals surface area (Å²) < 4.78 is 5.29. The summed E-state index contributed by atoms with van der Waals surface area (Å²) in [6.45, 7) is 3.41. The molecule has 0 aliphatic carbocycles. The van der Waals surface area contributed by atoms with Gasteiger partial charge in [-0.1, -0.05) is 0 Å². The van der Waals surface area contributed by atoms with Gasteiger partial charge < -0.3 is 9.84 Å². The highest BCUT2D eigenvalue weighted by atomic mass is 16.5. The average molecular weight is 208 g/mol.